The van der Waals surface area contributed by atoms with Gasteiger partial charge in [-0.05, 0) is 33.2 Å². The summed E-state index contributed by atoms with van der Waals surface area (Å²) in [6.07, 6.45) is 0.00264. The highest BCUT2D eigenvalue weighted by Gasteiger charge is 2.33. The molecule has 3 saturated heterocycles. The third-order valence-electron chi connectivity index (χ3n) is 6.87. The van der Waals surface area contributed by atoms with Crippen LogP contribution in [0.25, 0.3) is 21.5 Å². The number of ether oxygens (including phenoxy) is 6. The number of hydrogen-bond donors (Lipinski definition) is 0. The van der Waals surface area contributed by atoms with Crippen LogP contribution >= 0.6 is 0 Å². The minimum atomic E-state index is -0.374. The van der Waals surface area contributed by atoms with Crippen molar-refractivity contribution in [1.29, 1.82) is 0 Å². The molecular formula is C30H28O6. The number of benzene rings is 4. The number of rotatable bonds is 11. The van der Waals surface area contributed by atoms with Crippen molar-refractivity contribution in [3.63, 3.8) is 0 Å². The van der Waals surface area contributed by atoms with Gasteiger partial charge in [0.15, 0.2) is 11.5 Å². The molecule has 184 valence electrons. The topological polar surface area (TPSA) is 65.3 Å². The molecule has 0 bridgehead atoms. The molecule has 6 heteroatoms. The Morgan fingerprint density at radius 2 is 1.28 bits per heavy atom. The molecule has 0 radical (unpaired) electrons. The monoisotopic (exact) mass is 484 g/mol. The third-order valence-corrected chi connectivity index (χ3v) is 6.87. The summed E-state index contributed by atoms with van der Waals surface area (Å²) in [5.41, 5.74) is 2.06. The first-order valence-corrected chi connectivity index (χ1v) is 12.6. The van der Waals surface area contributed by atoms with E-state index in [2.05, 4.69) is 66.7 Å². The van der Waals surface area contributed by atoms with E-state index in [9.17, 15) is 0 Å². The Hall–Kier alpha value is -3.16. The highest BCUT2D eigenvalue weighted by Crippen LogP contribution is 2.46. The van der Waals surface area contributed by atoms with Crippen molar-refractivity contribution in [3.8, 4) is 11.5 Å². The predicted molar refractivity (Wildman–Crippen MR) is 136 cm³/mol. The molecule has 0 aliphatic carbocycles. The SMILES string of the molecule is c1ccc2c(C(OCC3CO3)c3c(OCC4CO4)c(OCC4CO4)cc4ccccc34)cccc2c1. The molecule has 4 unspecified atom stereocenters. The Morgan fingerprint density at radius 1 is 0.667 bits per heavy atom. The van der Waals surface area contributed by atoms with Gasteiger partial charge in [-0.3, -0.25) is 0 Å². The van der Waals surface area contributed by atoms with E-state index in [0.717, 1.165) is 47.1 Å². The molecular weight excluding hydrogens is 456 g/mol. The van der Waals surface area contributed by atoms with E-state index in [1.807, 2.05) is 6.07 Å². The molecule has 4 atom stereocenters. The molecule has 0 N–H and O–H groups in total. The van der Waals surface area contributed by atoms with Crippen LogP contribution in [0.3, 0.4) is 0 Å². The first-order chi connectivity index (χ1) is 17.8. The lowest BCUT2D eigenvalue weighted by Crippen LogP contribution is -2.16. The van der Waals surface area contributed by atoms with Crippen LogP contribution in [-0.2, 0) is 18.9 Å². The zero-order valence-electron chi connectivity index (χ0n) is 19.9. The van der Waals surface area contributed by atoms with Crippen LogP contribution in [0.15, 0.2) is 72.8 Å². The maximum Gasteiger partial charge on any atom is 0.168 e. The van der Waals surface area contributed by atoms with Gasteiger partial charge in [0.25, 0.3) is 0 Å². The van der Waals surface area contributed by atoms with E-state index in [4.69, 9.17) is 28.4 Å². The van der Waals surface area contributed by atoms with Crippen LogP contribution in [-0.4, -0.2) is 58.0 Å². The van der Waals surface area contributed by atoms with E-state index in [1.165, 1.54) is 5.39 Å². The lowest BCUT2D eigenvalue weighted by atomic mass is 9.91. The normalized spacial score (nSPS) is 22.9. The van der Waals surface area contributed by atoms with Gasteiger partial charge in [0.2, 0.25) is 0 Å². The van der Waals surface area contributed by atoms with Crippen molar-refractivity contribution in [3.05, 3.63) is 83.9 Å². The minimum absolute atomic E-state index is 0.112. The first-order valence-electron chi connectivity index (χ1n) is 12.6. The second-order valence-electron chi connectivity index (χ2n) is 9.61. The summed E-state index contributed by atoms with van der Waals surface area (Å²) in [6, 6.07) is 25.2. The van der Waals surface area contributed by atoms with Crippen molar-refractivity contribution in [1.82, 2.24) is 0 Å². The first kappa shape index (κ1) is 22.1. The second kappa shape index (κ2) is 9.37. The van der Waals surface area contributed by atoms with Gasteiger partial charge in [0.1, 0.15) is 37.6 Å². The summed E-state index contributed by atoms with van der Waals surface area (Å²) in [7, 11) is 0. The number of fused-ring (bicyclic) bond motifs is 2. The Balaban J connectivity index is 1.42. The lowest BCUT2D eigenvalue weighted by Gasteiger charge is -2.26. The molecule has 0 amide bonds. The van der Waals surface area contributed by atoms with Gasteiger partial charge in [-0.1, -0.05) is 66.7 Å². The van der Waals surface area contributed by atoms with Crippen LogP contribution in [0.1, 0.15) is 17.2 Å². The molecule has 3 fully saturated rings. The summed E-state index contributed by atoms with van der Waals surface area (Å²) in [6.45, 7) is 3.65. The number of hydrogen-bond acceptors (Lipinski definition) is 6. The van der Waals surface area contributed by atoms with Crippen LogP contribution in [0.2, 0.25) is 0 Å². The Morgan fingerprint density at radius 3 is 2.03 bits per heavy atom. The van der Waals surface area contributed by atoms with Crippen molar-refractivity contribution in [2.75, 3.05) is 39.6 Å². The van der Waals surface area contributed by atoms with Gasteiger partial charge < -0.3 is 28.4 Å². The molecule has 3 aliphatic rings. The summed E-state index contributed by atoms with van der Waals surface area (Å²) < 4.78 is 35.9. The molecule has 36 heavy (non-hydrogen) atoms. The van der Waals surface area contributed by atoms with Crippen LogP contribution in [0.5, 0.6) is 11.5 Å². The second-order valence-corrected chi connectivity index (χ2v) is 9.61. The van der Waals surface area contributed by atoms with Crippen molar-refractivity contribution < 1.29 is 28.4 Å². The fraction of sp³-hybridized carbons (Fsp3) is 0.333. The average Bonchev–Trinajstić information content (AvgIpc) is 3.75. The fourth-order valence-corrected chi connectivity index (χ4v) is 4.71. The standard InChI is InChI=1S/C30H28O6/c1-3-9-24-19(6-1)8-5-11-26(24)29(35-17-22-14-32-22)28-25-10-4-2-7-20(25)12-27(34-16-21-13-31-21)30(28)36-18-23-15-33-23/h1-12,21-23,29H,13-18H2. The predicted octanol–water partition coefficient (Wildman–Crippen LogP) is 5.05. The van der Waals surface area contributed by atoms with Crippen molar-refractivity contribution in [2.45, 2.75) is 24.4 Å². The number of epoxide rings is 3. The Kier molecular flexibility index (Phi) is 5.75. The quantitative estimate of drug-likeness (QED) is 0.278. The van der Waals surface area contributed by atoms with Crippen molar-refractivity contribution in [2.24, 2.45) is 0 Å². The highest BCUT2D eigenvalue weighted by molar-refractivity contribution is 5.93. The van der Waals surface area contributed by atoms with E-state index in [1.54, 1.807) is 0 Å². The molecule has 6 nitrogen and oxygen atoms in total. The molecule has 4 aromatic carbocycles. The average molecular weight is 485 g/mol. The third kappa shape index (κ3) is 4.65. The largest absolute Gasteiger partial charge is 0.487 e. The Labute approximate surface area is 209 Å². The molecule has 3 aliphatic heterocycles. The molecule has 7 rings (SSSR count). The van der Waals surface area contributed by atoms with E-state index in [-0.39, 0.29) is 24.4 Å². The summed E-state index contributed by atoms with van der Waals surface area (Å²) in [5, 5.41) is 4.47. The van der Waals surface area contributed by atoms with Crippen molar-refractivity contribution >= 4 is 21.5 Å². The fourth-order valence-electron chi connectivity index (χ4n) is 4.71. The van der Waals surface area contributed by atoms with E-state index in [0.29, 0.717) is 31.3 Å². The van der Waals surface area contributed by atoms with E-state index < -0.39 is 0 Å². The van der Waals surface area contributed by atoms with Crippen LogP contribution in [0, 0.1) is 0 Å². The highest BCUT2D eigenvalue weighted by atomic mass is 16.6. The molecule has 0 saturated carbocycles. The maximum atomic E-state index is 6.69. The summed E-state index contributed by atoms with van der Waals surface area (Å²) in [4.78, 5) is 0. The van der Waals surface area contributed by atoms with Gasteiger partial charge in [-0.25, -0.2) is 0 Å². The van der Waals surface area contributed by atoms with Gasteiger partial charge in [0.05, 0.1) is 26.4 Å². The zero-order valence-corrected chi connectivity index (χ0v) is 19.9. The lowest BCUT2D eigenvalue weighted by molar-refractivity contribution is 0.0663. The zero-order chi connectivity index (χ0) is 23.9. The summed E-state index contributed by atoms with van der Waals surface area (Å²) in [5.74, 6) is 1.41. The van der Waals surface area contributed by atoms with Gasteiger partial charge in [-0.15, -0.1) is 0 Å². The molecule has 4 aromatic rings. The smallest absolute Gasteiger partial charge is 0.168 e. The molecule has 3 heterocycles. The molecule has 0 spiro atoms. The maximum absolute atomic E-state index is 6.69. The van der Waals surface area contributed by atoms with E-state index >= 15 is 0 Å². The summed E-state index contributed by atoms with van der Waals surface area (Å²) >= 11 is 0. The van der Waals surface area contributed by atoms with Crippen LogP contribution in [0.4, 0.5) is 0 Å². The Bertz CT molecular complexity index is 1380. The van der Waals surface area contributed by atoms with Gasteiger partial charge in [-0.2, -0.15) is 0 Å². The van der Waals surface area contributed by atoms with Crippen LogP contribution < -0.4 is 9.47 Å². The molecule has 0 aromatic heterocycles. The van der Waals surface area contributed by atoms with Gasteiger partial charge >= 0.3 is 0 Å². The minimum Gasteiger partial charge on any atom is -0.487 e. The van der Waals surface area contributed by atoms with Gasteiger partial charge in [0, 0.05) is 5.56 Å².